The van der Waals surface area contributed by atoms with Crippen LogP contribution in [0.15, 0.2) is 12.7 Å². The van der Waals surface area contributed by atoms with Crippen LogP contribution < -0.4 is 0 Å². The molecule has 0 N–H and O–H groups in total. The fourth-order valence-electron chi connectivity index (χ4n) is 0.742. The molecule has 0 rings (SSSR count). The highest BCUT2D eigenvalue weighted by Crippen LogP contribution is 2.48. The average Bonchev–Trinajstić information content (AvgIpc) is 2.17. The number of ether oxygens (including phenoxy) is 1. The first-order valence-corrected chi connectivity index (χ1v) is 4.11. The summed E-state index contributed by atoms with van der Waals surface area (Å²) in [5.41, 5.74) is 0. The molecule has 0 bridgehead atoms. The molecule has 0 amide bonds. The number of rotatable bonds is 7. The molecule has 0 saturated carbocycles. The Morgan fingerprint density at radius 1 is 1.06 bits per heavy atom. The molecular formula is C8H8F8O. The predicted octanol–water partition coefficient (Wildman–Crippen LogP) is 3.36. The zero-order chi connectivity index (χ0) is 13.9. The molecule has 17 heavy (non-hydrogen) atoms. The van der Waals surface area contributed by atoms with E-state index in [4.69, 9.17) is 0 Å². The van der Waals surface area contributed by atoms with Gasteiger partial charge in [0.05, 0.1) is 6.61 Å². The van der Waals surface area contributed by atoms with Crippen molar-refractivity contribution in [3.05, 3.63) is 12.7 Å². The fourth-order valence-corrected chi connectivity index (χ4v) is 0.742. The minimum atomic E-state index is -6.21. The van der Waals surface area contributed by atoms with Gasteiger partial charge in [-0.2, -0.15) is 26.3 Å². The molecule has 0 saturated heterocycles. The van der Waals surface area contributed by atoms with E-state index in [-0.39, 0.29) is 0 Å². The summed E-state index contributed by atoms with van der Waals surface area (Å²) in [5.74, 6) is -17.8. The summed E-state index contributed by atoms with van der Waals surface area (Å²) in [4.78, 5) is 0. The van der Waals surface area contributed by atoms with Gasteiger partial charge in [0.15, 0.2) is 0 Å². The molecule has 102 valence electrons. The van der Waals surface area contributed by atoms with Crippen molar-refractivity contribution in [3.63, 3.8) is 0 Å². The van der Waals surface area contributed by atoms with E-state index in [0.29, 0.717) is 0 Å². The highest BCUT2D eigenvalue weighted by molar-refractivity contribution is 4.97. The van der Waals surface area contributed by atoms with Gasteiger partial charge in [-0.15, -0.1) is 6.58 Å². The molecule has 0 spiro atoms. The van der Waals surface area contributed by atoms with Crippen LogP contribution in [0.3, 0.4) is 0 Å². The topological polar surface area (TPSA) is 9.23 Å². The zero-order valence-electron chi connectivity index (χ0n) is 8.21. The van der Waals surface area contributed by atoms with Crippen LogP contribution in [0.1, 0.15) is 0 Å². The maximum absolute atomic E-state index is 12.7. The summed E-state index contributed by atoms with van der Waals surface area (Å²) in [7, 11) is 0. The first-order chi connectivity index (χ1) is 7.50. The third-order valence-corrected chi connectivity index (χ3v) is 1.67. The maximum Gasteiger partial charge on any atom is 0.380 e. The van der Waals surface area contributed by atoms with Gasteiger partial charge >= 0.3 is 24.2 Å². The Morgan fingerprint density at radius 3 is 1.88 bits per heavy atom. The molecule has 9 heteroatoms. The molecule has 0 aliphatic carbocycles. The summed E-state index contributed by atoms with van der Waals surface area (Å²) >= 11 is 0. The lowest BCUT2D eigenvalue weighted by atomic mass is 10.1. The molecule has 0 radical (unpaired) electrons. The van der Waals surface area contributed by atoms with Crippen molar-refractivity contribution in [1.29, 1.82) is 0 Å². The summed E-state index contributed by atoms with van der Waals surface area (Å²) in [5, 5.41) is 0. The summed E-state index contributed by atoms with van der Waals surface area (Å²) < 4.78 is 102. The molecule has 0 aliphatic heterocycles. The lowest BCUT2D eigenvalue weighted by molar-refractivity contribution is -0.345. The van der Waals surface area contributed by atoms with Gasteiger partial charge in [0.1, 0.15) is 6.61 Å². The van der Waals surface area contributed by atoms with Crippen molar-refractivity contribution in [2.75, 3.05) is 13.2 Å². The Kier molecular flexibility index (Phi) is 4.93. The van der Waals surface area contributed by atoms with Crippen molar-refractivity contribution >= 4 is 0 Å². The maximum atomic E-state index is 12.7. The molecule has 0 aromatic rings. The average molecular weight is 272 g/mol. The van der Waals surface area contributed by atoms with Crippen molar-refractivity contribution < 1.29 is 39.9 Å². The Labute approximate surface area is 91.0 Å². The smallest absolute Gasteiger partial charge is 0.371 e. The second-order valence-electron chi connectivity index (χ2n) is 3.01. The van der Waals surface area contributed by atoms with Crippen LogP contribution in [0.25, 0.3) is 0 Å². The molecule has 0 atom stereocenters. The highest BCUT2D eigenvalue weighted by atomic mass is 19.4. The lowest BCUT2D eigenvalue weighted by Gasteiger charge is -2.31. The minimum Gasteiger partial charge on any atom is -0.371 e. The van der Waals surface area contributed by atoms with Crippen LogP contribution >= 0.6 is 0 Å². The van der Waals surface area contributed by atoms with E-state index in [2.05, 4.69) is 11.3 Å². The van der Waals surface area contributed by atoms with Crippen LogP contribution in [0, 0.1) is 0 Å². The largest absolute Gasteiger partial charge is 0.380 e. The Hall–Kier alpha value is -0.860. The van der Waals surface area contributed by atoms with Gasteiger partial charge in [-0.1, -0.05) is 6.08 Å². The van der Waals surface area contributed by atoms with Crippen LogP contribution in [0.4, 0.5) is 35.1 Å². The van der Waals surface area contributed by atoms with Crippen LogP contribution in [-0.2, 0) is 4.74 Å². The number of hydrogen-bond acceptors (Lipinski definition) is 1. The molecule has 0 aromatic carbocycles. The van der Waals surface area contributed by atoms with Gasteiger partial charge < -0.3 is 4.74 Å². The molecule has 0 aromatic heterocycles. The van der Waals surface area contributed by atoms with E-state index in [9.17, 15) is 35.1 Å². The van der Waals surface area contributed by atoms with Gasteiger partial charge in [0.2, 0.25) is 0 Å². The van der Waals surface area contributed by atoms with E-state index in [1.807, 2.05) is 0 Å². The van der Waals surface area contributed by atoms with Gasteiger partial charge in [-0.25, -0.2) is 8.78 Å². The summed E-state index contributed by atoms with van der Waals surface area (Å²) in [6, 6.07) is 0. The monoisotopic (exact) mass is 272 g/mol. The molecule has 0 fully saturated rings. The molecule has 1 nitrogen and oxygen atoms in total. The third kappa shape index (κ3) is 3.08. The van der Waals surface area contributed by atoms with Gasteiger partial charge in [-0.3, -0.25) is 0 Å². The van der Waals surface area contributed by atoms with Crippen LogP contribution in [0.5, 0.6) is 0 Å². The second kappa shape index (κ2) is 5.19. The quantitative estimate of drug-likeness (QED) is 0.392. The first-order valence-electron chi connectivity index (χ1n) is 4.11. The highest BCUT2D eigenvalue weighted by Gasteiger charge is 2.75. The number of alkyl halides is 8. The van der Waals surface area contributed by atoms with Crippen molar-refractivity contribution in [1.82, 2.24) is 0 Å². The summed E-state index contributed by atoms with van der Waals surface area (Å²) in [6.45, 7) is 0.272. The molecule has 0 heterocycles. The molecular weight excluding hydrogens is 264 g/mol. The van der Waals surface area contributed by atoms with Gasteiger partial charge in [0.25, 0.3) is 0 Å². The normalized spacial score (nSPS) is 14.2. The van der Waals surface area contributed by atoms with Gasteiger partial charge in [-0.05, 0) is 0 Å². The Bertz CT molecular complexity index is 262. The standard InChI is InChI=1S/C8H8F8O/c1-2-3-17-4-6(11,12)8(15,16)7(13,14)5(9)10/h2,5H,1,3-4H2. The van der Waals surface area contributed by atoms with Crippen LogP contribution in [0.2, 0.25) is 0 Å². The third-order valence-electron chi connectivity index (χ3n) is 1.67. The SMILES string of the molecule is C=CCOCC(F)(F)C(F)(F)C(F)(F)C(F)F. The fraction of sp³-hybridized carbons (Fsp3) is 0.750. The Balaban J connectivity index is 4.94. The predicted molar refractivity (Wildman–Crippen MR) is 41.9 cm³/mol. The van der Waals surface area contributed by atoms with Crippen LogP contribution in [-0.4, -0.2) is 37.4 Å². The van der Waals surface area contributed by atoms with E-state index >= 15 is 0 Å². The van der Waals surface area contributed by atoms with E-state index in [1.165, 1.54) is 0 Å². The lowest BCUT2D eigenvalue weighted by Crippen LogP contribution is -2.59. The van der Waals surface area contributed by atoms with Crippen molar-refractivity contribution in [2.45, 2.75) is 24.2 Å². The minimum absolute atomic E-state index is 0.605. The van der Waals surface area contributed by atoms with E-state index < -0.39 is 37.4 Å². The zero-order valence-corrected chi connectivity index (χ0v) is 8.21. The van der Waals surface area contributed by atoms with Crippen molar-refractivity contribution in [3.8, 4) is 0 Å². The van der Waals surface area contributed by atoms with Gasteiger partial charge in [0, 0.05) is 0 Å². The Morgan fingerprint density at radius 2 is 1.53 bits per heavy atom. The molecule has 0 aliphatic rings. The first kappa shape index (κ1) is 16.1. The van der Waals surface area contributed by atoms with Crippen molar-refractivity contribution in [2.24, 2.45) is 0 Å². The van der Waals surface area contributed by atoms with E-state index in [0.717, 1.165) is 6.08 Å². The molecule has 0 unspecified atom stereocenters. The number of halogens is 8. The van der Waals surface area contributed by atoms with E-state index in [1.54, 1.807) is 0 Å². The summed E-state index contributed by atoms with van der Waals surface area (Å²) in [6.07, 6.45) is -4.01. The number of hydrogen-bond donors (Lipinski definition) is 0. The second-order valence-corrected chi connectivity index (χ2v) is 3.01.